The first kappa shape index (κ1) is 10.0. The molecule has 3 unspecified atom stereocenters. The third kappa shape index (κ3) is 1.35. The molecule has 2 saturated carbocycles. The zero-order valence-electron chi connectivity index (χ0n) is 9.12. The van der Waals surface area contributed by atoms with Crippen molar-refractivity contribution in [1.82, 2.24) is 0 Å². The maximum absolute atomic E-state index is 11.4. The fourth-order valence-corrected chi connectivity index (χ4v) is 3.77. The Balaban J connectivity index is 2.20. The summed E-state index contributed by atoms with van der Waals surface area (Å²) in [5.74, 6) is 1.17. The van der Waals surface area contributed by atoms with Crippen LogP contribution >= 0.6 is 0 Å². The van der Waals surface area contributed by atoms with Crippen molar-refractivity contribution < 1.29 is 9.90 Å². The molecule has 2 rings (SSSR count). The van der Waals surface area contributed by atoms with Gasteiger partial charge in [0.25, 0.3) is 0 Å². The van der Waals surface area contributed by atoms with Gasteiger partial charge in [-0.05, 0) is 43.4 Å². The number of aliphatic carboxylic acids is 1. The predicted octanol–water partition coefficient (Wildman–Crippen LogP) is 2.92. The second-order valence-corrected chi connectivity index (χ2v) is 5.64. The van der Waals surface area contributed by atoms with Crippen LogP contribution in [0.1, 0.15) is 46.0 Å². The second-order valence-electron chi connectivity index (χ2n) is 5.64. The zero-order chi connectivity index (χ0) is 10.3. The number of rotatable bonds is 3. The summed E-state index contributed by atoms with van der Waals surface area (Å²) in [6.45, 7) is 4.27. The van der Waals surface area contributed by atoms with E-state index < -0.39 is 5.97 Å². The van der Waals surface area contributed by atoms with Gasteiger partial charge in [0.2, 0.25) is 0 Å². The molecule has 0 amide bonds. The fraction of sp³-hybridized carbons (Fsp3) is 0.917. The molecule has 2 bridgehead atoms. The highest BCUT2D eigenvalue weighted by Crippen LogP contribution is 2.58. The standard InChI is InChI=1S/C12H20O2/c1-8(2)6-12(11(13)14)7-9-3-4-10(12)5-9/h8-10H,3-7H2,1-2H3,(H,13,14). The van der Waals surface area contributed by atoms with Crippen molar-refractivity contribution in [2.45, 2.75) is 46.0 Å². The molecule has 2 heteroatoms. The summed E-state index contributed by atoms with van der Waals surface area (Å²) in [6.07, 6.45) is 5.44. The van der Waals surface area contributed by atoms with E-state index >= 15 is 0 Å². The minimum absolute atomic E-state index is 0.350. The quantitative estimate of drug-likeness (QED) is 0.753. The molecule has 0 radical (unpaired) electrons. The van der Waals surface area contributed by atoms with Crippen LogP contribution < -0.4 is 0 Å². The lowest BCUT2D eigenvalue weighted by Gasteiger charge is -2.35. The number of carboxylic acid groups (broad SMARTS) is 1. The molecular formula is C12H20O2. The molecule has 2 fully saturated rings. The lowest BCUT2D eigenvalue weighted by molar-refractivity contribution is -0.153. The van der Waals surface area contributed by atoms with Crippen molar-refractivity contribution in [3.8, 4) is 0 Å². The molecule has 1 N–H and O–H groups in total. The van der Waals surface area contributed by atoms with Crippen LogP contribution in [0.3, 0.4) is 0 Å². The molecule has 80 valence electrons. The Hall–Kier alpha value is -0.530. The van der Waals surface area contributed by atoms with Gasteiger partial charge in [-0.2, -0.15) is 0 Å². The third-order valence-electron chi connectivity index (χ3n) is 4.17. The Morgan fingerprint density at radius 2 is 2.21 bits per heavy atom. The fourth-order valence-electron chi connectivity index (χ4n) is 3.77. The summed E-state index contributed by atoms with van der Waals surface area (Å²) in [6, 6.07) is 0. The minimum atomic E-state index is -0.529. The third-order valence-corrected chi connectivity index (χ3v) is 4.17. The van der Waals surface area contributed by atoms with E-state index in [2.05, 4.69) is 13.8 Å². The highest BCUT2D eigenvalue weighted by atomic mass is 16.4. The Labute approximate surface area is 85.7 Å². The van der Waals surface area contributed by atoms with Crippen molar-refractivity contribution in [1.29, 1.82) is 0 Å². The molecule has 0 spiro atoms. The van der Waals surface area contributed by atoms with Gasteiger partial charge < -0.3 is 5.11 Å². The first-order valence-corrected chi connectivity index (χ1v) is 5.78. The van der Waals surface area contributed by atoms with E-state index in [1.54, 1.807) is 0 Å². The molecule has 0 aromatic rings. The first-order valence-electron chi connectivity index (χ1n) is 5.78. The largest absolute Gasteiger partial charge is 0.481 e. The number of hydrogen-bond acceptors (Lipinski definition) is 1. The topological polar surface area (TPSA) is 37.3 Å². The molecule has 0 aromatic carbocycles. The SMILES string of the molecule is CC(C)CC1(C(=O)O)CC2CCC1C2. The average Bonchev–Trinajstić information content (AvgIpc) is 2.61. The summed E-state index contributed by atoms with van der Waals surface area (Å²) in [5, 5.41) is 9.43. The molecule has 0 heterocycles. The smallest absolute Gasteiger partial charge is 0.309 e. The van der Waals surface area contributed by atoms with Crippen LogP contribution in [-0.2, 0) is 4.79 Å². The van der Waals surface area contributed by atoms with Gasteiger partial charge in [-0.3, -0.25) is 4.79 Å². The lowest BCUT2D eigenvalue weighted by Crippen LogP contribution is -2.37. The molecule has 14 heavy (non-hydrogen) atoms. The van der Waals surface area contributed by atoms with E-state index in [4.69, 9.17) is 0 Å². The summed E-state index contributed by atoms with van der Waals surface area (Å²) in [7, 11) is 0. The Morgan fingerprint density at radius 3 is 2.57 bits per heavy atom. The van der Waals surface area contributed by atoms with Crippen LogP contribution in [-0.4, -0.2) is 11.1 Å². The van der Waals surface area contributed by atoms with Crippen LogP contribution in [0.4, 0.5) is 0 Å². The van der Waals surface area contributed by atoms with E-state index in [1.165, 1.54) is 12.8 Å². The average molecular weight is 196 g/mol. The van der Waals surface area contributed by atoms with Gasteiger partial charge in [-0.15, -0.1) is 0 Å². The number of fused-ring (bicyclic) bond motifs is 2. The van der Waals surface area contributed by atoms with Gasteiger partial charge in [0.05, 0.1) is 5.41 Å². The highest BCUT2D eigenvalue weighted by Gasteiger charge is 2.55. The summed E-state index contributed by atoms with van der Waals surface area (Å²) < 4.78 is 0. The molecule has 0 saturated heterocycles. The summed E-state index contributed by atoms with van der Waals surface area (Å²) >= 11 is 0. The van der Waals surface area contributed by atoms with Gasteiger partial charge in [0.1, 0.15) is 0 Å². The summed E-state index contributed by atoms with van der Waals surface area (Å²) in [5.41, 5.74) is -0.350. The van der Waals surface area contributed by atoms with Gasteiger partial charge in [0.15, 0.2) is 0 Å². The number of carbonyl (C=O) groups is 1. The van der Waals surface area contributed by atoms with Crippen molar-refractivity contribution in [3.63, 3.8) is 0 Å². The minimum Gasteiger partial charge on any atom is -0.481 e. The van der Waals surface area contributed by atoms with Crippen molar-refractivity contribution in [2.24, 2.45) is 23.2 Å². The number of carboxylic acids is 1. The molecule has 2 nitrogen and oxygen atoms in total. The van der Waals surface area contributed by atoms with Gasteiger partial charge >= 0.3 is 5.97 Å². The van der Waals surface area contributed by atoms with Gasteiger partial charge in [-0.1, -0.05) is 20.3 Å². The molecule has 2 aliphatic carbocycles. The second kappa shape index (κ2) is 3.25. The van der Waals surface area contributed by atoms with E-state index in [0.29, 0.717) is 11.8 Å². The monoisotopic (exact) mass is 196 g/mol. The van der Waals surface area contributed by atoms with Crippen molar-refractivity contribution in [2.75, 3.05) is 0 Å². The van der Waals surface area contributed by atoms with E-state index in [0.717, 1.165) is 25.2 Å². The molecule has 2 aliphatic rings. The maximum atomic E-state index is 11.4. The van der Waals surface area contributed by atoms with Gasteiger partial charge in [-0.25, -0.2) is 0 Å². The maximum Gasteiger partial charge on any atom is 0.309 e. The molecular weight excluding hydrogens is 176 g/mol. The van der Waals surface area contributed by atoms with Crippen molar-refractivity contribution in [3.05, 3.63) is 0 Å². The lowest BCUT2D eigenvalue weighted by atomic mass is 9.68. The molecule has 0 aliphatic heterocycles. The Bertz CT molecular complexity index is 247. The Kier molecular flexibility index (Phi) is 2.32. The van der Waals surface area contributed by atoms with Gasteiger partial charge in [0, 0.05) is 0 Å². The molecule has 3 atom stereocenters. The van der Waals surface area contributed by atoms with Crippen LogP contribution in [0.15, 0.2) is 0 Å². The predicted molar refractivity (Wildman–Crippen MR) is 55.0 cm³/mol. The Morgan fingerprint density at radius 1 is 1.50 bits per heavy atom. The van der Waals surface area contributed by atoms with Crippen LogP contribution in [0, 0.1) is 23.2 Å². The van der Waals surface area contributed by atoms with Crippen molar-refractivity contribution >= 4 is 5.97 Å². The summed E-state index contributed by atoms with van der Waals surface area (Å²) in [4.78, 5) is 11.4. The van der Waals surface area contributed by atoms with Crippen LogP contribution in [0.2, 0.25) is 0 Å². The zero-order valence-corrected chi connectivity index (χ0v) is 9.12. The van der Waals surface area contributed by atoms with Crippen LogP contribution in [0.25, 0.3) is 0 Å². The van der Waals surface area contributed by atoms with E-state index in [9.17, 15) is 9.90 Å². The molecule has 0 aromatic heterocycles. The van der Waals surface area contributed by atoms with Crippen LogP contribution in [0.5, 0.6) is 0 Å². The normalized spacial score (nSPS) is 40.8. The van der Waals surface area contributed by atoms with E-state index in [-0.39, 0.29) is 5.41 Å². The highest BCUT2D eigenvalue weighted by molar-refractivity contribution is 5.75. The first-order chi connectivity index (χ1) is 6.54. The number of hydrogen-bond donors (Lipinski definition) is 1. The van der Waals surface area contributed by atoms with E-state index in [1.807, 2.05) is 0 Å².